The molecule has 0 amide bonds. The lowest BCUT2D eigenvalue weighted by Crippen LogP contribution is -2.30. The van der Waals surface area contributed by atoms with Gasteiger partial charge < -0.3 is 4.90 Å². The Kier molecular flexibility index (Phi) is 9.84. The zero-order valence-corrected chi connectivity index (χ0v) is 17.3. The first kappa shape index (κ1) is 21.4. The second-order valence-corrected chi connectivity index (χ2v) is 9.18. The third-order valence-corrected chi connectivity index (χ3v) is 6.34. The lowest BCUT2D eigenvalue weighted by atomic mass is 9.82. The summed E-state index contributed by atoms with van der Waals surface area (Å²) in [6.07, 6.45) is 4.64. The molecule has 0 spiro atoms. The lowest BCUT2D eigenvalue weighted by Gasteiger charge is -2.23. The molecule has 0 aromatic heterocycles. The molecule has 0 aliphatic carbocycles. The van der Waals surface area contributed by atoms with Crippen molar-refractivity contribution in [3.63, 3.8) is 0 Å². The van der Waals surface area contributed by atoms with Gasteiger partial charge in [-0.2, -0.15) is 0 Å². The summed E-state index contributed by atoms with van der Waals surface area (Å²) in [5.74, 6) is 1.59. The van der Waals surface area contributed by atoms with E-state index in [0.29, 0.717) is 0 Å². The van der Waals surface area contributed by atoms with Crippen molar-refractivity contribution in [1.29, 1.82) is 0 Å². The molecule has 1 aromatic rings. The molecule has 1 unspecified atom stereocenters. The Morgan fingerprint density at radius 3 is 2.21 bits per heavy atom. The first-order chi connectivity index (χ1) is 11.4. The maximum atomic E-state index is 11.6. The van der Waals surface area contributed by atoms with Gasteiger partial charge in [0.15, 0.2) is 0 Å². The van der Waals surface area contributed by atoms with E-state index in [9.17, 15) is 4.21 Å². The minimum atomic E-state index is -0.647. The van der Waals surface area contributed by atoms with Crippen LogP contribution in [-0.2, 0) is 22.6 Å². The highest BCUT2D eigenvalue weighted by atomic mass is 32.2. The minimum Gasteiger partial charge on any atom is -0.302 e. The van der Waals surface area contributed by atoms with E-state index in [1.807, 2.05) is 6.92 Å². The van der Waals surface area contributed by atoms with Crippen LogP contribution in [0.4, 0.5) is 0 Å². The predicted octanol–water partition coefficient (Wildman–Crippen LogP) is 4.79. The molecule has 0 saturated heterocycles. The Labute approximate surface area is 152 Å². The number of hydrogen-bond donors (Lipinski definition) is 0. The summed E-state index contributed by atoms with van der Waals surface area (Å²) >= 11 is 0. The Morgan fingerprint density at radius 2 is 1.67 bits per heavy atom. The van der Waals surface area contributed by atoms with Crippen molar-refractivity contribution < 1.29 is 4.21 Å². The van der Waals surface area contributed by atoms with E-state index >= 15 is 0 Å². The standard InChI is InChI=1S/C21H37NOS/c1-6-15-22(17-18-24(23)8-3)16-9-10-19-11-13-20(14-12-19)21(4,5)7-2/h11-14H,6-10,15-18H2,1-5H3. The third kappa shape index (κ3) is 7.48. The van der Waals surface area contributed by atoms with Crippen LogP contribution in [0.5, 0.6) is 0 Å². The highest BCUT2D eigenvalue weighted by Crippen LogP contribution is 2.26. The number of nitrogens with zero attached hydrogens (tertiary/aromatic N) is 1. The highest BCUT2D eigenvalue weighted by molar-refractivity contribution is 7.84. The highest BCUT2D eigenvalue weighted by Gasteiger charge is 2.17. The maximum Gasteiger partial charge on any atom is 0.0362 e. The van der Waals surface area contributed by atoms with E-state index < -0.39 is 10.8 Å². The van der Waals surface area contributed by atoms with Gasteiger partial charge in [-0.05, 0) is 55.3 Å². The molecule has 0 aliphatic rings. The van der Waals surface area contributed by atoms with Crippen LogP contribution in [0, 0.1) is 0 Å². The van der Waals surface area contributed by atoms with Gasteiger partial charge in [0.2, 0.25) is 0 Å². The first-order valence-electron chi connectivity index (χ1n) is 9.59. The maximum absolute atomic E-state index is 11.6. The van der Waals surface area contributed by atoms with E-state index in [0.717, 1.165) is 44.0 Å². The molecule has 1 aromatic carbocycles. The van der Waals surface area contributed by atoms with Gasteiger partial charge in [0.05, 0.1) is 0 Å². The van der Waals surface area contributed by atoms with Crippen molar-refractivity contribution in [3.8, 4) is 0 Å². The van der Waals surface area contributed by atoms with Crippen LogP contribution in [0.25, 0.3) is 0 Å². The van der Waals surface area contributed by atoms with E-state index in [2.05, 4.69) is 56.9 Å². The van der Waals surface area contributed by atoms with Crippen LogP contribution in [0.15, 0.2) is 24.3 Å². The number of rotatable bonds is 12. The third-order valence-electron chi connectivity index (χ3n) is 5.06. The molecular weight excluding hydrogens is 314 g/mol. The molecule has 138 valence electrons. The summed E-state index contributed by atoms with van der Waals surface area (Å²) < 4.78 is 11.6. The van der Waals surface area contributed by atoms with Gasteiger partial charge >= 0.3 is 0 Å². The normalized spacial score (nSPS) is 13.4. The van der Waals surface area contributed by atoms with Crippen molar-refractivity contribution in [2.45, 2.75) is 65.7 Å². The summed E-state index contributed by atoms with van der Waals surface area (Å²) in [6.45, 7) is 14.3. The van der Waals surface area contributed by atoms with E-state index in [-0.39, 0.29) is 5.41 Å². The Balaban J connectivity index is 2.45. The van der Waals surface area contributed by atoms with Crippen molar-refractivity contribution in [1.82, 2.24) is 4.90 Å². The number of hydrogen-bond acceptors (Lipinski definition) is 2. The van der Waals surface area contributed by atoms with E-state index in [1.54, 1.807) is 0 Å². The minimum absolute atomic E-state index is 0.269. The quantitative estimate of drug-likeness (QED) is 0.540. The van der Waals surface area contributed by atoms with Crippen molar-refractivity contribution in [2.24, 2.45) is 0 Å². The van der Waals surface area contributed by atoms with Crippen LogP contribution in [0.2, 0.25) is 0 Å². The zero-order valence-electron chi connectivity index (χ0n) is 16.4. The second-order valence-electron chi connectivity index (χ2n) is 7.31. The van der Waals surface area contributed by atoms with Gasteiger partial charge in [0, 0.05) is 28.9 Å². The molecular formula is C21H37NOS. The molecule has 1 rings (SSSR count). The Morgan fingerprint density at radius 1 is 1.00 bits per heavy atom. The molecule has 3 heteroatoms. The molecule has 24 heavy (non-hydrogen) atoms. The molecule has 0 fully saturated rings. The van der Waals surface area contributed by atoms with Crippen molar-refractivity contribution >= 4 is 10.8 Å². The topological polar surface area (TPSA) is 20.3 Å². The summed E-state index contributed by atoms with van der Waals surface area (Å²) in [5.41, 5.74) is 3.13. The second kappa shape index (κ2) is 11.0. The van der Waals surface area contributed by atoms with Crippen LogP contribution in [0.3, 0.4) is 0 Å². The Bertz CT molecular complexity index is 481. The number of aryl methyl sites for hydroxylation is 1. The number of benzene rings is 1. The fourth-order valence-corrected chi connectivity index (χ4v) is 3.61. The average Bonchev–Trinajstić information content (AvgIpc) is 2.59. The largest absolute Gasteiger partial charge is 0.302 e. The SMILES string of the molecule is CCCN(CCCc1ccc(C(C)(C)CC)cc1)CCS(=O)CC. The molecule has 1 atom stereocenters. The van der Waals surface area contributed by atoms with Crippen LogP contribution in [-0.4, -0.2) is 40.2 Å². The molecule has 2 nitrogen and oxygen atoms in total. The molecule has 0 aliphatic heterocycles. The first-order valence-corrected chi connectivity index (χ1v) is 11.1. The van der Waals surface area contributed by atoms with Crippen molar-refractivity contribution in [3.05, 3.63) is 35.4 Å². The molecule has 0 saturated carbocycles. The van der Waals surface area contributed by atoms with Gasteiger partial charge in [-0.1, -0.05) is 58.9 Å². The predicted molar refractivity (Wildman–Crippen MR) is 108 cm³/mol. The van der Waals surface area contributed by atoms with E-state index in [4.69, 9.17) is 0 Å². The lowest BCUT2D eigenvalue weighted by molar-refractivity contribution is 0.287. The molecule has 0 radical (unpaired) electrons. The van der Waals surface area contributed by atoms with Gasteiger partial charge in [-0.3, -0.25) is 4.21 Å². The monoisotopic (exact) mass is 351 g/mol. The van der Waals surface area contributed by atoms with Crippen LogP contribution in [0.1, 0.15) is 65.0 Å². The fraction of sp³-hybridized carbons (Fsp3) is 0.714. The van der Waals surface area contributed by atoms with Gasteiger partial charge in [0.1, 0.15) is 0 Å². The Hall–Kier alpha value is -0.670. The zero-order chi connectivity index (χ0) is 18.0. The smallest absolute Gasteiger partial charge is 0.0362 e. The van der Waals surface area contributed by atoms with Gasteiger partial charge in [-0.25, -0.2) is 0 Å². The molecule has 0 bridgehead atoms. The van der Waals surface area contributed by atoms with E-state index in [1.165, 1.54) is 24.0 Å². The summed E-state index contributed by atoms with van der Waals surface area (Å²) in [5, 5.41) is 0. The molecule has 0 heterocycles. The average molecular weight is 352 g/mol. The van der Waals surface area contributed by atoms with Crippen molar-refractivity contribution in [2.75, 3.05) is 31.1 Å². The van der Waals surface area contributed by atoms with Crippen LogP contribution < -0.4 is 0 Å². The fourth-order valence-electron chi connectivity index (χ4n) is 2.86. The van der Waals surface area contributed by atoms with Gasteiger partial charge in [0.25, 0.3) is 0 Å². The van der Waals surface area contributed by atoms with Crippen LogP contribution >= 0.6 is 0 Å². The van der Waals surface area contributed by atoms with Gasteiger partial charge in [-0.15, -0.1) is 0 Å². The summed E-state index contributed by atoms with van der Waals surface area (Å²) in [6, 6.07) is 9.19. The molecule has 0 N–H and O–H groups in total. The summed E-state index contributed by atoms with van der Waals surface area (Å²) in [4.78, 5) is 2.47. The summed E-state index contributed by atoms with van der Waals surface area (Å²) in [7, 11) is -0.647.